The maximum atomic E-state index is 5.69. The van der Waals surface area contributed by atoms with Gasteiger partial charge in [-0.1, -0.05) is 0 Å². The van der Waals surface area contributed by atoms with Crippen LogP contribution in [0.4, 0.5) is 0 Å². The van der Waals surface area contributed by atoms with Crippen molar-refractivity contribution < 1.29 is 9.47 Å². The second kappa shape index (κ2) is 4.61. The van der Waals surface area contributed by atoms with Crippen molar-refractivity contribution >= 4 is 11.3 Å². The molecule has 0 aliphatic carbocycles. The summed E-state index contributed by atoms with van der Waals surface area (Å²) in [6, 6.07) is 2.13. The fourth-order valence-electron chi connectivity index (χ4n) is 1.63. The van der Waals surface area contributed by atoms with Crippen LogP contribution in [-0.4, -0.2) is 25.0 Å². The summed E-state index contributed by atoms with van der Waals surface area (Å²) < 4.78 is 11.2. The third kappa shape index (κ3) is 3.28. The maximum Gasteiger partial charge on any atom is 0.163 e. The number of hydrogen-bond acceptors (Lipinski definition) is 4. The Morgan fingerprint density at radius 3 is 3.07 bits per heavy atom. The molecule has 2 rings (SSSR count). The molecule has 1 unspecified atom stereocenters. The van der Waals surface area contributed by atoms with Crippen LogP contribution in [0, 0.1) is 0 Å². The van der Waals surface area contributed by atoms with Crippen LogP contribution in [0.2, 0.25) is 0 Å². The highest BCUT2D eigenvalue weighted by atomic mass is 32.1. The molecule has 1 aromatic rings. The summed E-state index contributed by atoms with van der Waals surface area (Å²) in [7, 11) is 0. The van der Waals surface area contributed by atoms with Gasteiger partial charge in [-0.15, -0.1) is 0 Å². The monoisotopic (exact) mass is 227 g/mol. The van der Waals surface area contributed by atoms with E-state index in [-0.39, 0.29) is 6.10 Å². The molecule has 84 valence electrons. The molecule has 1 saturated heterocycles. The summed E-state index contributed by atoms with van der Waals surface area (Å²) in [5.41, 5.74) is 1.33. The first-order chi connectivity index (χ1) is 7.16. The van der Waals surface area contributed by atoms with Crippen molar-refractivity contribution in [1.82, 2.24) is 5.32 Å². The Hall–Kier alpha value is -0.420. The SMILES string of the molecule is CC1(C)OCC(CNCc2ccsc2)O1. The molecular formula is C11H17NO2S. The standard InChI is InChI=1S/C11H17NO2S/c1-11(2)13-7-10(14-11)6-12-5-9-3-4-15-8-9/h3-4,8,10,12H,5-7H2,1-2H3. The van der Waals surface area contributed by atoms with E-state index >= 15 is 0 Å². The van der Waals surface area contributed by atoms with Crippen molar-refractivity contribution in [2.75, 3.05) is 13.2 Å². The van der Waals surface area contributed by atoms with Gasteiger partial charge in [-0.25, -0.2) is 0 Å². The fourth-order valence-corrected chi connectivity index (χ4v) is 2.30. The molecule has 1 aliphatic heterocycles. The van der Waals surface area contributed by atoms with Crippen LogP contribution in [0.25, 0.3) is 0 Å². The Labute approximate surface area is 94.4 Å². The zero-order valence-electron chi connectivity index (χ0n) is 9.16. The zero-order chi connectivity index (χ0) is 10.7. The van der Waals surface area contributed by atoms with Gasteiger partial charge in [0.15, 0.2) is 5.79 Å². The van der Waals surface area contributed by atoms with Crippen molar-refractivity contribution in [3.05, 3.63) is 22.4 Å². The van der Waals surface area contributed by atoms with Crippen molar-refractivity contribution in [3.8, 4) is 0 Å². The van der Waals surface area contributed by atoms with Crippen molar-refractivity contribution in [2.45, 2.75) is 32.3 Å². The number of hydrogen-bond donors (Lipinski definition) is 1. The summed E-state index contributed by atoms with van der Waals surface area (Å²) in [6.45, 7) is 6.34. The Bertz CT molecular complexity index is 298. The van der Waals surface area contributed by atoms with Crippen molar-refractivity contribution in [2.24, 2.45) is 0 Å². The lowest BCUT2D eigenvalue weighted by molar-refractivity contribution is -0.137. The van der Waals surface area contributed by atoms with E-state index < -0.39 is 5.79 Å². The summed E-state index contributed by atoms with van der Waals surface area (Å²) in [5, 5.41) is 7.62. The zero-order valence-corrected chi connectivity index (χ0v) is 9.97. The molecule has 0 saturated carbocycles. The second-order valence-corrected chi connectivity index (χ2v) is 4.99. The van der Waals surface area contributed by atoms with Crippen LogP contribution in [0.5, 0.6) is 0 Å². The fraction of sp³-hybridized carbons (Fsp3) is 0.636. The smallest absolute Gasteiger partial charge is 0.163 e. The van der Waals surface area contributed by atoms with E-state index in [0.717, 1.165) is 13.1 Å². The van der Waals surface area contributed by atoms with Crippen LogP contribution >= 0.6 is 11.3 Å². The number of ether oxygens (including phenoxy) is 2. The third-order valence-electron chi connectivity index (χ3n) is 2.35. The second-order valence-electron chi connectivity index (χ2n) is 4.21. The van der Waals surface area contributed by atoms with E-state index in [2.05, 4.69) is 22.1 Å². The molecule has 1 aromatic heterocycles. The van der Waals surface area contributed by atoms with Gasteiger partial charge < -0.3 is 14.8 Å². The largest absolute Gasteiger partial charge is 0.348 e. The molecule has 0 amide bonds. The minimum absolute atomic E-state index is 0.179. The third-order valence-corrected chi connectivity index (χ3v) is 3.08. The van der Waals surface area contributed by atoms with Crippen LogP contribution in [0.3, 0.4) is 0 Å². The highest BCUT2D eigenvalue weighted by Gasteiger charge is 2.32. The van der Waals surface area contributed by atoms with Crippen LogP contribution in [-0.2, 0) is 16.0 Å². The molecule has 1 aliphatic rings. The first-order valence-electron chi connectivity index (χ1n) is 5.19. The lowest BCUT2D eigenvalue weighted by atomic mass is 10.3. The highest BCUT2D eigenvalue weighted by Crippen LogP contribution is 2.21. The lowest BCUT2D eigenvalue weighted by Crippen LogP contribution is -2.30. The van der Waals surface area contributed by atoms with Gasteiger partial charge in [0.25, 0.3) is 0 Å². The molecule has 1 N–H and O–H groups in total. The molecule has 3 nitrogen and oxygen atoms in total. The first kappa shape index (κ1) is 11.1. The summed E-state index contributed by atoms with van der Waals surface area (Å²) in [6.07, 6.45) is 0.179. The summed E-state index contributed by atoms with van der Waals surface area (Å²) >= 11 is 1.73. The van der Waals surface area contributed by atoms with Gasteiger partial charge in [-0.05, 0) is 36.2 Å². The first-order valence-corrected chi connectivity index (χ1v) is 6.13. The maximum absolute atomic E-state index is 5.69. The predicted octanol–water partition coefficient (Wildman–Crippen LogP) is 1.99. The van der Waals surface area contributed by atoms with E-state index in [4.69, 9.17) is 9.47 Å². The van der Waals surface area contributed by atoms with E-state index in [1.54, 1.807) is 11.3 Å². The molecule has 1 atom stereocenters. The highest BCUT2D eigenvalue weighted by molar-refractivity contribution is 7.07. The number of thiophene rings is 1. The Morgan fingerprint density at radius 1 is 1.60 bits per heavy atom. The van der Waals surface area contributed by atoms with E-state index in [1.165, 1.54) is 5.56 Å². The molecule has 2 heterocycles. The molecule has 15 heavy (non-hydrogen) atoms. The summed E-state index contributed by atoms with van der Waals surface area (Å²) in [5.74, 6) is -0.408. The minimum atomic E-state index is -0.408. The number of nitrogens with one attached hydrogen (secondary N) is 1. The molecule has 0 aromatic carbocycles. The van der Waals surface area contributed by atoms with Crippen LogP contribution in [0.1, 0.15) is 19.4 Å². The van der Waals surface area contributed by atoms with Gasteiger partial charge in [0.2, 0.25) is 0 Å². The van der Waals surface area contributed by atoms with E-state index in [0.29, 0.717) is 6.61 Å². The molecule has 4 heteroatoms. The Morgan fingerprint density at radius 2 is 2.47 bits per heavy atom. The average Bonchev–Trinajstić information content (AvgIpc) is 2.76. The topological polar surface area (TPSA) is 30.5 Å². The molecule has 0 radical (unpaired) electrons. The Kier molecular flexibility index (Phi) is 3.41. The lowest BCUT2D eigenvalue weighted by Gasteiger charge is -2.17. The van der Waals surface area contributed by atoms with Gasteiger partial charge in [-0.3, -0.25) is 0 Å². The summed E-state index contributed by atoms with van der Waals surface area (Å²) in [4.78, 5) is 0. The van der Waals surface area contributed by atoms with Crippen molar-refractivity contribution in [1.29, 1.82) is 0 Å². The molecule has 0 bridgehead atoms. The van der Waals surface area contributed by atoms with Gasteiger partial charge in [0, 0.05) is 13.1 Å². The van der Waals surface area contributed by atoms with Gasteiger partial charge in [0.05, 0.1) is 12.7 Å². The normalized spacial score (nSPS) is 24.5. The molecule has 1 fully saturated rings. The Balaban J connectivity index is 1.67. The van der Waals surface area contributed by atoms with E-state index in [1.807, 2.05) is 13.8 Å². The van der Waals surface area contributed by atoms with E-state index in [9.17, 15) is 0 Å². The molecule has 0 spiro atoms. The van der Waals surface area contributed by atoms with Crippen LogP contribution in [0.15, 0.2) is 16.8 Å². The quantitative estimate of drug-likeness (QED) is 0.853. The van der Waals surface area contributed by atoms with Gasteiger partial charge in [0.1, 0.15) is 0 Å². The predicted molar refractivity (Wildman–Crippen MR) is 60.9 cm³/mol. The van der Waals surface area contributed by atoms with Gasteiger partial charge >= 0.3 is 0 Å². The van der Waals surface area contributed by atoms with Gasteiger partial charge in [-0.2, -0.15) is 11.3 Å². The van der Waals surface area contributed by atoms with Crippen molar-refractivity contribution in [3.63, 3.8) is 0 Å². The minimum Gasteiger partial charge on any atom is -0.348 e. The van der Waals surface area contributed by atoms with Crippen LogP contribution < -0.4 is 5.32 Å². The number of rotatable bonds is 4. The molecular weight excluding hydrogens is 210 g/mol. The average molecular weight is 227 g/mol.